The molecule has 5 rings (SSSR count). The highest BCUT2D eigenvalue weighted by Gasteiger charge is 2.32. The van der Waals surface area contributed by atoms with Gasteiger partial charge in [-0.1, -0.05) is 61.4 Å². The Balaban J connectivity index is 1.47. The van der Waals surface area contributed by atoms with Gasteiger partial charge in [-0.05, 0) is 49.7 Å². The summed E-state index contributed by atoms with van der Waals surface area (Å²) < 4.78 is 21.3. The summed E-state index contributed by atoms with van der Waals surface area (Å²) in [6.07, 6.45) is 4.15. The van der Waals surface area contributed by atoms with E-state index in [0.29, 0.717) is 29.3 Å². The highest BCUT2D eigenvalue weighted by Crippen LogP contribution is 2.34. The maximum absolute atomic E-state index is 13.7. The molecule has 1 aliphatic heterocycles. The lowest BCUT2D eigenvalue weighted by Crippen LogP contribution is -2.35. The number of fused-ring (bicyclic) bond motifs is 1. The number of imidazole rings is 1. The molecule has 1 aromatic heterocycles. The molecular formula is C32H31FN4O3. The van der Waals surface area contributed by atoms with Gasteiger partial charge in [0.2, 0.25) is 6.10 Å². The van der Waals surface area contributed by atoms with E-state index in [-0.39, 0.29) is 24.7 Å². The average molecular weight is 539 g/mol. The van der Waals surface area contributed by atoms with Crippen molar-refractivity contribution in [2.24, 2.45) is 0 Å². The SMILES string of the molecule is CCCCC(=O)OC(C(=O)N1C=Cn2c(nc(-c3ccc(F)cc3)c2Nc2ccc(C)cc2)C1)c1ccccc1. The van der Waals surface area contributed by atoms with Gasteiger partial charge in [-0.15, -0.1) is 0 Å². The van der Waals surface area contributed by atoms with Crippen LogP contribution in [0.2, 0.25) is 0 Å². The van der Waals surface area contributed by atoms with Crippen LogP contribution < -0.4 is 5.32 Å². The summed E-state index contributed by atoms with van der Waals surface area (Å²) in [5.41, 5.74) is 3.97. The molecule has 0 radical (unpaired) electrons. The Morgan fingerprint density at radius 3 is 2.42 bits per heavy atom. The van der Waals surface area contributed by atoms with E-state index in [1.807, 2.05) is 60.9 Å². The minimum absolute atomic E-state index is 0.162. The van der Waals surface area contributed by atoms with E-state index >= 15 is 0 Å². The first-order valence-corrected chi connectivity index (χ1v) is 13.4. The van der Waals surface area contributed by atoms with Gasteiger partial charge in [-0.2, -0.15) is 0 Å². The zero-order valence-electron chi connectivity index (χ0n) is 22.5. The first-order chi connectivity index (χ1) is 19.4. The number of nitrogens with one attached hydrogen (secondary N) is 1. The number of anilines is 2. The molecular weight excluding hydrogens is 507 g/mol. The maximum Gasteiger partial charge on any atom is 0.306 e. The molecule has 40 heavy (non-hydrogen) atoms. The fourth-order valence-electron chi connectivity index (χ4n) is 4.51. The number of carbonyl (C=O) groups excluding carboxylic acids is 2. The van der Waals surface area contributed by atoms with Gasteiger partial charge in [-0.3, -0.25) is 14.2 Å². The minimum atomic E-state index is -1.07. The lowest BCUT2D eigenvalue weighted by Gasteiger charge is -2.27. The van der Waals surface area contributed by atoms with Crippen LogP contribution in [0.4, 0.5) is 15.9 Å². The highest BCUT2D eigenvalue weighted by atomic mass is 19.1. The predicted molar refractivity (Wildman–Crippen MR) is 153 cm³/mol. The summed E-state index contributed by atoms with van der Waals surface area (Å²) in [6.45, 7) is 4.18. The van der Waals surface area contributed by atoms with Crippen molar-refractivity contribution < 1.29 is 18.7 Å². The third-order valence-electron chi connectivity index (χ3n) is 6.72. The van der Waals surface area contributed by atoms with Crippen LogP contribution in [0, 0.1) is 12.7 Å². The quantitative estimate of drug-likeness (QED) is 0.233. The van der Waals surface area contributed by atoms with Gasteiger partial charge in [0.1, 0.15) is 23.2 Å². The molecule has 0 aliphatic carbocycles. The molecule has 1 atom stereocenters. The molecule has 0 spiro atoms. The molecule has 2 heterocycles. The number of nitrogens with zero attached hydrogens (tertiary/aromatic N) is 3. The van der Waals surface area contributed by atoms with Crippen LogP contribution in [0.1, 0.15) is 49.2 Å². The molecule has 0 saturated heterocycles. The van der Waals surface area contributed by atoms with Crippen LogP contribution >= 0.6 is 0 Å². The van der Waals surface area contributed by atoms with Gasteiger partial charge >= 0.3 is 5.97 Å². The summed E-state index contributed by atoms with van der Waals surface area (Å²) in [4.78, 5) is 32.6. The Morgan fingerprint density at radius 2 is 1.73 bits per heavy atom. The van der Waals surface area contributed by atoms with E-state index in [1.165, 1.54) is 17.0 Å². The number of aryl methyl sites for hydroxylation is 1. The summed E-state index contributed by atoms with van der Waals surface area (Å²) in [7, 11) is 0. The molecule has 3 aromatic carbocycles. The first-order valence-electron chi connectivity index (χ1n) is 13.4. The van der Waals surface area contributed by atoms with Crippen molar-refractivity contribution in [3.63, 3.8) is 0 Å². The van der Waals surface area contributed by atoms with Crippen molar-refractivity contribution in [1.82, 2.24) is 14.5 Å². The van der Waals surface area contributed by atoms with Gasteiger partial charge in [0.05, 0.1) is 6.54 Å². The number of carbonyl (C=O) groups is 2. The van der Waals surface area contributed by atoms with Crippen LogP contribution in [0.5, 0.6) is 0 Å². The van der Waals surface area contributed by atoms with Crippen molar-refractivity contribution in [2.75, 3.05) is 5.32 Å². The average Bonchev–Trinajstić information content (AvgIpc) is 3.33. The number of ether oxygens (including phenoxy) is 1. The molecule has 0 fully saturated rings. The number of hydrogen-bond acceptors (Lipinski definition) is 5. The standard InChI is InChI=1S/C32H31FN4O3/c1-3-4-10-28(38)40-30(24-8-6-5-7-9-24)32(39)36-19-20-37-27(21-36)35-29(23-13-15-25(33)16-14-23)31(37)34-26-17-11-22(2)12-18-26/h5-9,11-20,30,34H,3-4,10,21H2,1-2H3. The summed E-state index contributed by atoms with van der Waals surface area (Å²) >= 11 is 0. The van der Waals surface area contributed by atoms with E-state index in [0.717, 1.165) is 23.2 Å². The topological polar surface area (TPSA) is 76.5 Å². The Morgan fingerprint density at radius 1 is 1.00 bits per heavy atom. The number of benzene rings is 3. The van der Waals surface area contributed by atoms with E-state index in [9.17, 15) is 14.0 Å². The zero-order chi connectivity index (χ0) is 28.1. The Labute approximate surface area is 232 Å². The molecule has 1 aliphatic rings. The van der Waals surface area contributed by atoms with Crippen molar-refractivity contribution in [3.8, 4) is 11.3 Å². The van der Waals surface area contributed by atoms with Crippen molar-refractivity contribution in [3.05, 3.63) is 108 Å². The minimum Gasteiger partial charge on any atom is -0.447 e. The normalized spacial score (nSPS) is 13.0. The van der Waals surface area contributed by atoms with Crippen LogP contribution in [-0.4, -0.2) is 26.3 Å². The number of amides is 1. The highest BCUT2D eigenvalue weighted by molar-refractivity contribution is 5.87. The second-order valence-corrected chi connectivity index (χ2v) is 9.74. The lowest BCUT2D eigenvalue weighted by molar-refractivity contribution is -0.160. The molecule has 1 unspecified atom stereocenters. The van der Waals surface area contributed by atoms with Crippen LogP contribution in [0.25, 0.3) is 17.5 Å². The van der Waals surface area contributed by atoms with Gasteiger partial charge in [-0.25, -0.2) is 9.37 Å². The molecule has 0 bridgehead atoms. The smallest absolute Gasteiger partial charge is 0.306 e. The number of hydrogen-bond donors (Lipinski definition) is 1. The fraction of sp³-hybridized carbons (Fsp3) is 0.219. The second kappa shape index (κ2) is 12.0. The maximum atomic E-state index is 13.7. The van der Waals surface area contributed by atoms with Gasteiger partial charge < -0.3 is 15.0 Å². The monoisotopic (exact) mass is 538 g/mol. The fourth-order valence-corrected chi connectivity index (χ4v) is 4.51. The van der Waals surface area contributed by atoms with Crippen molar-refractivity contribution in [2.45, 2.75) is 45.8 Å². The van der Waals surface area contributed by atoms with E-state index in [1.54, 1.807) is 36.7 Å². The lowest BCUT2D eigenvalue weighted by atomic mass is 10.1. The van der Waals surface area contributed by atoms with Gasteiger partial charge in [0.25, 0.3) is 5.91 Å². The molecule has 4 aromatic rings. The number of esters is 1. The van der Waals surface area contributed by atoms with E-state index in [2.05, 4.69) is 5.32 Å². The van der Waals surface area contributed by atoms with Crippen molar-refractivity contribution >= 4 is 29.6 Å². The molecule has 0 saturated carbocycles. The third kappa shape index (κ3) is 5.96. The molecule has 7 nitrogen and oxygen atoms in total. The summed E-state index contributed by atoms with van der Waals surface area (Å²) in [5, 5.41) is 3.44. The zero-order valence-corrected chi connectivity index (χ0v) is 22.5. The van der Waals surface area contributed by atoms with Gasteiger partial charge in [0.15, 0.2) is 0 Å². The van der Waals surface area contributed by atoms with Crippen LogP contribution in [-0.2, 0) is 20.9 Å². The largest absolute Gasteiger partial charge is 0.447 e. The third-order valence-corrected chi connectivity index (χ3v) is 6.72. The summed E-state index contributed by atoms with van der Waals surface area (Å²) in [6, 6.07) is 23.1. The molecule has 8 heteroatoms. The van der Waals surface area contributed by atoms with Crippen LogP contribution in [0.3, 0.4) is 0 Å². The van der Waals surface area contributed by atoms with Crippen molar-refractivity contribution in [1.29, 1.82) is 0 Å². The van der Waals surface area contributed by atoms with E-state index < -0.39 is 12.1 Å². The Hall–Kier alpha value is -4.72. The molecule has 1 amide bonds. The number of halogens is 1. The number of unbranched alkanes of at least 4 members (excludes halogenated alkanes) is 1. The summed E-state index contributed by atoms with van der Waals surface area (Å²) in [5.74, 6) is 0.193. The molecule has 204 valence electrons. The molecule has 1 N–H and O–H groups in total. The Kier molecular flexibility index (Phi) is 8.05. The predicted octanol–water partition coefficient (Wildman–Crippen LogP) is 6.99. The van der Waals surface area contributed by atoms with Gasteiger partial charge in [0, 0.05) is 35.6 Å². The Bertz CT molecular complexity index is 1510. The van der Waals surface area contributed by atoms with Crippen LogP contribution in [0.15, 0.2) is 85.1 Å². The number of aromatic nitrogens is 2. The number of rotatable bonds is 9. The second-order valence-electron chi connectivity index (χ2n) is 9.74. The van der Waals surface area contributed by atoms with E-state index in [4.69, 9.17) is 9.72 Å². The first kappa shape index (κ1) is 26.9.